The number of likely N-dealkylation sites (tertiary alicyclic amines) is 1. The van der Waals surface area contributed by atoms with Gasteiger partial charge in [-0.2, -0.15) is 4.98 Å². The molecule has 0 unspecified atom stereocenters. The molecule has 5 rings (SSSR count). The summed E-state index contributed by atoms with van der Waals surface area (Å²) in [7, 11) is 0. The van der Waals surface area contributed by atoms with Gasteiger partial charge in [-0.15, -0.1) is 0 Å². The van der Waals surface area contributed by atoms with Gasteiger partial charge in [0, 0.05) is 55.6 Å². The molecule has 0 aliphatic carbocycles. The van der Waals surface area contributed by atoms with E-state index in [2.05, 4.69) is 14.8 Å². The molecule has 2 aliphatic rings. The number of hydrogen-bond donors (Lipinski definition) is 1. The van der Waals surface area contributed by atoms with Gasteiger partial charge in [0.1, 0.15) is 11.6 Å². The Bertz CT molecular complexity index is 1180. The maximum atomic E-state index is 11.3. The number of rotatable bonds is 7. The average molecular weight is 474 g/mol. The van der Waals surface area contributed by atoms with Crippen molar-refractivity contribution in [2.45, 2.75) is 45.1 Å². The van der Waals surface area contributed by atoms with Crippen LogP contribution in [0.4, 0.5) is 5.95 Å². The van der Waals surface area contributed by atoms with E-state index in [-0.39, 0.29) is 5.92 Å². The fourth-order valence-electron chi connectivity index (χ4n) is 4.79. The van der Waals surface area contributed by atoms with E-state index >= 15 is 0 Å². The number of carbonyl (C=O) groups is 1. The number of nitrogens with two attached hydrogens (primary N) is 1. The van der Waals surface area contributed by atoms with Crippen molar-refractivity contribution in [2.75, 3.05) is 31.1 Å². The highest BCUT2D eigenvalue weighted by Gasteiger charge is 2.25. The van der Waals surface area contributed by atoms with E-state index in [1.807, 2.05) is 25.3 Å². The predicted molar refractivity (Wildman–Crippen MR) is 133 cm³/mol. The molecule has 0 saturated carbocycles. The Morgan fingerprint density at radius 1 is 1.06 bits per heavy atom. The molecule has 0 bridgehead atoms. The fourth-order valence-corrected chi connectivity index (χ4v) is 4.79. The van der Waals surface area contributed by atoms with Crippen molar-refractivity contribution < 1.29 is 9.53 Å². The molecule has 9 nitrogen and oxygen atoms in total. The summed E-state index contributed by atoms with van der Waals surface area (Å²) >= 11 is 0. The summed E-state index contributed by atoms with van der Waals surface area (Å²) in [5, 5.41) is 0. The molecule has 4 heterocycles. The third-order valence-electron chi connectivity index (χ3n) is 6.55. The van der Waals surface area contributed by atoms with Crippen molar-refractivity contribution in [1.29, 1.82) is 0 Å². The number of aromatic nitrogens is 4. The highest BCUT2D eigenvalue weighted by atomic mass is 16.5. The van der Waals surface area contributed by atoms with Crippen LogP contribution in [-0.2, 0) is 6.54 Å². The Labute approximate surface area is 205 Å². The Morgan fingerprint density at radius 3 is 2.63 bits per heavy atom. The van der Waals surface area contributed by atoms with E-state index in [4.69, 9.17) is 25.4 Å². The molecule has 2 aromatic heterocycles. The van der Waals surface area contributed by atoms with Crippen molar-refractivity contribution in [2.24, 2.45) is 5.73 Å². The lowest BCUT2D eigenvalue weighted by Crippen LogP contribution is -2.35. The van der Waals surface area contributed by atoms with Gasteiger partial charge >= 0.3 is 0 Å². The molecule has 2 fully saturated rings. The molecule has 35 heavy (non-hydrogen) atoms. The molecule has 1 amide bonds. The number of amides is 1. The quantitative estimate of drug-likeness (QED) is 0.556. The number of ether oxygens (including phenoxy) is 1. The van der Waals surface area contributed by atoms with Crippen molar-refractivity contribution in [3.05, 3.63) is 65.4 Å². The fraction of sp³-hybridized carbons (Fsp3) is 0.423. The van der Waals surface area contributed by atoms with Crippen LogP contribution in [0.25, 0.3) is 0 Å². The highest BCUT2D eigenvalue weighted by Crippen LogP contribution is 2.28. The van der Waals surface area contributed by atoms with Gasteiger partial charge in [0.25, 0.3) is 0 Å². The Hall–Kier alpha value is -3.59. The summed E-state index contributed by atoms with van der Waals surface area (Å²) in [4.78, 5) is 34.8. The minimum absolute atomic E-state index is 0.225. The molecular formula is C26H31N7O2. The van der Waals surface area contributed by atoms with Crippen LogP contribution in [0.15, 0.2) is 42.6 Å². The summed E-state index contributed by atoms with van der Waals surface area (Å²) in [5.41, 5.74) is 7.68. The number of benzene rings is 1. The molecule has 0 radical (unpaired) electrons. The van der Waals surface area contributed by atoms with Crippen LogP contribution in [-0.4, -0.2) is 56.9 Å². The van der Waals surface area contributed by atoms with E-state index in [0.29, 0.717) is 17.2 Å². The second-order valence-electron chi connectivity index (χ2n) is 9.31. The van der Waals surface area contributed by atoms with Crippen molar-refractivity contribution in [3.63, 3.8) is 0 Å². The first-order valence-electron chi connectivity index (χ1n) is 12.3. The second kappa shape index (κ2) is 10.4. The van der Waals surface area contributed by atoms with Crippen molar-refractivity contribution >= 4 is 11.9 Å². The normalized spacial score (nSPS) is 18.5. The molecular weight excluding hydrogens is 442 g/mol. The van der Waals surface area contributed by atoms with Crippen LogP contribution in [0, 0.1) is 6.92 Å². The monoisotopic (exact) mass is 473 g/mol. The van der Waals surface area contributed by atoms with E-state index in [1.54, 1.807) is 24.3 Å². The lowest BCUT2D eigenvalue weighted by molar-refractivity contribution is 0.100. The molecule has 182 valence electrons. The molecule has 1 aromatic carbocycles. The molecule has 3 aromatic rings. The van der Waals surface area contributed by atoms with Crippen molar-refractivity contribution in [3.8, 4) is 11.6 Å². The Kier molecular flexibility index (Phi) is 6.85. The number of carbonyl (C=O) groups excluding carboxylic acids is 1. The molecule has 2 saturated heterocycles. The molecule has 9 heteroatoms. The van der Waals surface area contributed by atoms with E-state index in [0.717, 1.165) is 68.7 Å². The van der Waals surface area contributed by atoms with Crippen LogP contribution < -0.4 is 15.4 Å². The first kappa shape index (κ1) is 23.2. The third-order valence-corrected chi connectivity index (χ3v) is 6.55. The van der Waals surface area contributed by atoms with Crippen LogP contribution in [0.1, 0.15) is 59.2 Å². The number of aryl methyl sites for hydroxylation is 1. The summed E-state index contributed by atoms with van der Waals surface area (Å²) < 4.78 is 5.97. The van der Waals surface area contributed by atoms with Crippen LogP contribution in [0.2, 0.25) is 0 Å². The first-order valence-corrected chi connectivity index (χ1v) is 12.3. The lowest BCUT2D eigenvalue weighted by Gasteiger charge is -2.32. The van der Waals surface area contributed by atoms with Gasteiger partial charge in [-0.05, 0) is 69.5 Å². The molecule has 2 N–H and O–H groups in total. The minimum Gasteiger partial charge on any atom is -0.439 e. The summed E-state index contributed by atoms with van der Waals surface area (Å²) in [6.45, 7) is 6.73. The molecule has 1 atom stereocenters. The zero-order valence-electron chi connectivity index (χ0n) is 20.1. The molecule has 0 spiro atoms. The van der Waals surface area contributed by atoms with Gasteiger partial charge < -0.3 is 15.4 Å². The number of primary amides is 1. The Balaban J connectivity index is 1.26. The summed E-state index contributed by atoms with van der Waals surface area (Å²) in [5.74, 6) is 2.51. The van der Waals surface area contributed by atoms with E-state index in [1.165, 1.54) is 12.8 Å². The van der Waals surface area contributed by atoms with Gasteiger partial charge in [-0.25, -0.2) is 15.0 Å². The molecule has 2 aliphatic heterocycles. The second-order valence-corrected chi connectivity index (χ2v) is 9.31. The van der Waals surface area contributed by atoms with Crippen molar-refractivity contribution in [1.82, 2.24) is 24.8 Å². The van der Waals surface area contributed by atoms with Gasteiger partial charge in [0.05, 0.1) is 5.69 Å². The third kappa shape index (κ3) is 5.74. The highest BCUT2D eigenvalue weighted by molar-refractivity contribution is 5.92. The zero-order chi connectivity index (χ0) is 24.2. The number of anilines is 1. The van der Waals surface area contributed by atoms with Crippen LogP contribution in [0.3, 0.4) is 0 Å². The van der Waals surface area contributed by atoms with Gasteiger partial charge in [-0.1, -0.05) is 0 Å². The van der Waals surface area contributed by atoms with Crippen LogP contribution >= 0.6 is 0 Å². The summed E-state index contributed by atoms with van der Waals surface area (Å²) in [6.07, 6.45) is 6.41. The number of nitrogens with zero attached hydrogens (tertiary/aromatic N) is 6. The van der Waals surface area contributed by atoms with Gasteiger partial charge in [-0.3, -0.25) is 9.69 Å². The van der Waals surface area contributed by atoms with Gasteiger partial charge in [0.15, 0.2) is 0 Å². The lowest BCUT2D eigenvalue weighted by atomic mass is 9.97. The first-order chi connectivity index (χ1) is 17.0. The van der Waals surface area contributed by atoms with E-state index in [9.17, 15) is 4.79 Å². The van der Waals surface area contributed by atoms with E-state index < -0.39 is 5.91 Å². The number of hydrogen-bond acceptors (Lipinski definition) is 8. The topological polar surface area (TPSA) is 110 Å². The average Bonchev–Trinajstić information content (AvgIpc) is 3.40. The smallest absolute Gasteiger partial charge is 0.248 e. The number of piperidine rings is 1. The minimum atomic E-state index is -0.465. The summed E-state index contributed by atoms with van der Waals surface area (Å²) in [6, 6.07) is 10.6. The standard InChI is InChI=1S/C26H31N7O2/c1-18-15-23(35-22-8-6-19(7-9-22)24(27)34)31-25(29-18)20-5-4-12-32(16-20)17-21-10-11-28-26(30-21)33-13-2-3-14-33/h6-11,15,20H,2-5,12-14,16-17H2,1H3,(H2,27,34)/t20-/m0/s1. The Morgan fingerprint density at radius 2 is 1.86 bits per heavy atom. The maximum absolute atomic E-state index is 11.3. The largest absolute Gasteiger partial charge is 0.439 e. The zero-order valence-corrected chi connectivity index (χ0v) is 20.1. The SMILES string of the molecule is Cc1cc(Oc2ccc(C(N)=O)cc2)nc([C@H]2CCCN(Cc3ccnc(N4CCCC4)n3)C2)n1. The maximum Gasteiger partial charge on any atom is 0.248 e. The van der Waals surface area contributed by atoms with Crippen LogP contribution in [0.5, 0.6) is 11.6 Å². The predicted octanol–water partition coefficient (Wildman–Crippen LogP) is 3.45. The van der Waals surface area contributed by atoms with Gasteiger partial charge in [0.2, 0.25) is 17.7 Å².